The van der Waals surface area contributed by atoms with Crippen LogP contribution in [0.25, 0.3) is 11.0 Å². The molecule has 4 rings (SSSR count). The fourth-order valence-corrected chi connectivity index (χ4v) is 4.68. The van der Waals surface area contributed by atoms with Crippen LogP contribution < -0.4 is 21.0 Å². The third-order valence-corrected chi connectivity index (χ3v) is 6.19. The van der Waals surface area contributed by atoms with E-state index in [9.17, 15) is 19.5 Å². The summed E-state index contributed by atoms with van der Waals surface area (Å²) < 4.78 is 10.6. The Morgan fingerprint density at radius 1 is 1.27 bits per heavy atom. The first kappa shape index (κ1) is 20.4. The van der Waals surface area contributed by atoms with Gasteiger partial charge in [0.25, 0.3) is 5.91 Å². The zero-order valence-electron chi connectivity index (χ0n) is 16.8. The molecule has 0 radical (unpaired) electrons. The molecule has 3 unspecified atom stereocenters. The lowest BCUT2D eigenvalue weighted by Crippen LogP contribution is -2.53. The fraction of sp³-hybridized carbons (Fsp3) is 0.500. The maximum atomic E-state index is 12.5. The van der Waals surface area contributed by atoms with E-state index in [1.807, 2.05) is 6.92 Å². The molecule has 4 atom stereocenters. The Hall–Kier alpha value is -2.87. The predicted molar refractivity (Wildman–Crippen MR) is 109 cm³/mol. The average Bonchev–Trinajstić information content (AvgIpc) is 3.33. The smallest absolute Gasteiger partial charge is 0.336 e. The lowest BCUT2D eigenvalue weighted by Gasteiger charge is -2.25. The first-order chi connectivity index (χ1) is 14.4. The van der Waals surface area contributed by atoms with Gasteiger partial charge in [-0.2, -0.15) is 0 Å². The number of fused-ring (bicyclic) bond motifs is 3. The highest BCUT2D eigenvalue weighted by molar-refractivity contribution is 5.88. The van der Waals surface area contributed by atoms with Crippen LogP contribution in [-0.4, -0.2) is 42.2 Å². The summed E-state index contributed by atoms with van der Waals surface area (Å²) in [7, 11) is 0. The van der Waals surface area contributed by atoms with Crippen LogP contribution in [0, 0.1) is 18.8 Å². The van der Waals surface area contributed by atoms with E-state index in [1.54, 1.807) is 18.2 Å². The van der Waals surface area contributed by atoms with Crippen LogP contribution in [0.15, 0.2) is 33.5 Å². The number of benzene rings is 1. The third-order valence-electron chi connectivity index (χ3n) is 6.19. The molecule has 2 aliphatic rings. The van der Waals surface area contributed by atoms with Gasteiger partial charge in [0.05, 0.1) is 6.61 Å². The van der Waals surface area contributed by atoms with Crippen molar-refractivity contribution in [2.75, 3.05) is 13.2 Å². The number of hydrogen-bond acceptors (Lipinski definition) is 6. The van der Waals surface area contributed by atoms with E-state index in [2.05, 4.69) is 10.6 Å². The molecule has 2 aromatic rings. The molecule has 0 saturated heterocycles. The fourth-order valence-electron chi connectivity index (χ4n) is 4.68. The number of ether oxygens (including phenoxy) is 1. The Morgan fingerprint density at radius 3 is 2.80 bits per heavy atom. The molecule has 0 aliphatic heterocycles. The standard InChI is InChI=1S/C22H26N2O6/c1-12-6-21(27)30-19-9-15(4-5-16(12)19)29-11-20(26)23-18(10-25)22(28)24-17-8-13-2-3-14(17)7-13/h4-6,9,13-14,17-18,25H,2-3,7-8,10-11H2,1H3,(H,23,26)(H,24,28)/t13?,14?,17?,18-/m0/s1. The average molecular weight is 414 g/mol. The quantitative estimate of drug-likeness (QED) is 0.587. The molecule has 2 aliphatic carbocycles. The van der Waals surface area contributed by atoms with Crippen molar-refractivity contribution in [1.29, 1.82) is 0 Å². The van der Waals surface area contributed by atoms with Gasteiger partial charge in [0.1, 0.15) is 17.4 Å². The van der Waals surface area contributed by atoms with Crippen molar-refractivity contribution in [2.24, 2.45) is 11.8 Å². The number of aryl methyl sites for hydroxylation is 1. The molecule has 1 heterocycles. The number of aliphatic hydroxyl groups excluding tert-OH is 1. The summed E-state index contributed by atoms with van der Waals surface area (Å²) in [4.78, 5) is 36.2. The van der Waals surface area contributed by atoms with Crippen LogP contribution in [0.1, 0.15) is 31.2 Å². The second-order valence-corrected chi connectivity index (χ2v) is 8.29. The van der Waals surface area contributed by atoms with Gasteiger partial charge in [-0.15, -0.1) is 0 Å². The van der Waals surface area contributed by atoms with Gasteiger partial charge in [-0.1, -0.05) is 6.42 Å². The Balaban J connectivity index is 1.31. The van der Waals surface area contributed by atoms with E-state index < -0.39 is 24.2 Å². The SMILES string of the molecule is Cc1cc(=O)oc2cc(OCC(=O)N[C@@H](CO)C(=O)NC3CC4CCC3C4)ccc12. The summed E-state index contributed by atoms with van der Waals surface area (Å²) in [6.07, 6.45) is 4.49. The molecule has 2 amide bonds. The van der Waals surface area contributed by atoms with Crippen molar-refractivity contribution in [3.8, 4) is 5.75 Å². The number of carbonyl (C=O) groups is 2. The maximum Gasteiger partial charge on any atom is 0.336 e. The van der Waals surface area contributed by atoms with Crippen LogP contribution in [0.4, 0.5) is 0 Å². The lowest BCUT2D eigenvalue weighted by atomic mass is 9.95. The van der Waals surface area contributed by atoms with Crippen LogP contribution in [0.2, 0.25) is 0 Å². The van der Waals surface area contributed by atoms with Gasteiger partial charge in [0, 0.05) is 23.6 Å². The van der Waals surface area contributed by atoms with E-state index in [0.29, 0.717) is 23.2 Å². The Kier molecular flexibility index (Phi) is 5.76. The summed E-state index contributed by atoms with van der Waals surface area (Å²) in [5.41, 5.74) is 0.705. The molecular weight excluding hydrogens is 388 g/mol. The highest BCUT2D eigenvalue weighted by Crippen LogP contribution is 2.44. The van der Waals surface area contributed by atoms with Crippen LogP contribution in [0.5, 0.6) is 5.75 Å². The number of nitrogens with one attached hydrogen (secondary N) is 2. The molecule has 8 nitrogen and oxygen atoms in total. The number of rotatable bonds is 7. The monoisotopic (exact) mass is 414 g/mol. The highest BCUT2D eigenvalue weighted by atomic mass is 16.5. The molecule has 2 fully saturated rings. The number of aliphatic hydroxyl groups is 1. The minimum atomic E-state index is -1.02. The summed E-state index contributed by atoms with van der Waals surface area (Å²) in [6, 6.07) is 5.50. The number of hydrogen-bond donors (Lipinski definition) is 3. The van der Waals surface area contributed by atoms with Crippen LogP contribution in [-0.2, 0) is 9.59 Å². The van der Waals surface area contributed by atoms with Crippen LogP contribution >= 0.6 is 0 Å². The molecule has 1 aromatic carbocycles. The molecule has 30 heavy (non-hydrogen) atoms. The summed E-state index contributed by atoms with van der Waals surface area (Å²) >= 11 is 0. The highest BCUT2D eigenvalue weighted by Gasteiger charge is 2.40. The Morgan fingerprint density at radius 2 is 2.10 bits per heavy atom. The summed E-state index contributed by atoms with van der Waals surface area (Å²) in [5.74, 6) is 0.660. The normalized spacial score (nSPS) is 23.3. The Bertz CT molecular complexity index is 1020. The second kappa shape index (κ2) is 8.47. The minimum absolute atomic E-state index is 0.133. The zero-order chi connectivity index (χ0) is 21.3. The third kappa shape index (κ3) is 4.33. The van der Waals surface area contributed by atoms with Crippen molar-refractivity contribution < 1.29 is 23.8 Å². The number of amides is 2. The largest absolute Gasteiger partial charge is 0.484 e. The van der Waals surface area contributed by atoms with Gasteiger partial charge >= 0.3 is 5.63 Å². The van der Waals surface area contributed by atoms with Gasteiger partial charge in [0.15, 0.2) is 6.61 Å². The topological polar surface area (TPSA) is 118 Å². The Labute approximate surface area is 173 Å². The van der Waals surface area contributed by atoms with E-state index >= 15 is 0 Å². The van der Waals surface area contributed by atoms with Crippen molar-refractivity contribution in [3.05, 3.63) is 40.2 Å². The van der Waals surface area contributed by atoms with E-state index in [0.717, 1.165) is 30.2 Å². The lowest BCUT2D eigenvalue weighted by molar-refractivity contribution is -0.131. The van der Waals surface area contributed by atoms with Gasteiger partial charge in [0.2, 0.25) is 5.91 Å². The molecule has 2 saturated carbocycles. The molecular formula is C22H26N2O6. The summed E-state index contributed by atoms with van der Waals surface area (Å²) in [6.45, 7) is 0.988. The van der Waals surface area contributed by atoms with Crippen molar-refractivity contribution in [3.63, 3.8) is 0 Å². The van der Waals surface area contributed by atoms with Gasteiger partial charge < -0.3 is 24.9 Å². The molecule has 8 heteroatoms. The molecule has 3 N–H and O–H groups in total. The molecule has 2 bridgehead atoms. The van der Waals surface area contributed by atoms with E-state index in [4.69, 9.17) is 9.15 Å². The van der Waals surface area contributed by atoms with E-state index in [-0.39, 0.29) is 18.6 Å². The van der Waals surface area contributed by atoms with Crippen molar-refractivity contribution in [2.45, 2.75) is 44.7 Å². The zero-order valence-corrected chi connectivity index (χ0v) is 16.8. The molecule has 160 valence electrons. The second-order valence-electron chi connectivity index (χ2n) is 8.29. The predicted octanol–water partition coefficient (Wildman–Crippen LogP) is 1.26. The molecule has 1 aromatic heterocycles. The van der Waals surface area contributed by atoms with E-state index in [1.165, 1.54) is 12.5 Å². The summed E-state index contributed by atoms with van der Waals surface area (Å²) in [5, 5.41) is 15.8. The number of carbonyl (C=O) groups excluding carboxylic acids is 2. The first-order valence-corrected chi connectivity index (χ1v) is 10.3. The van der Waals surface area contributed by atoms with Gasteiger partial charge in [-0.25, -0.2) is 4.79 Å². The van der Waals surface area contributed by atoms with Crippen molar-refractivity contribution in [1.82, 2.24) is 10.6 Å². The minimum Gasteiger partial charge on any atom is -0.484 e. The first-order valence-electron chi connectivity index (χ1n) is 10.3. The van der Waals surface area contributed by atoms with Crippen molar-refractivity contribution >= 4 is 22.8 Å². The van der Waals surface area contributed by atoms with Gasteiger partial charge in [-0.05, 0) is 55.7 Å². The van der Waals surface area contributed by atoms with Gasteiger partial charge in [-0.3, -0.25) is 9.59 Å². The molecule has 0 spiro atoms. The maximum absolute atomic E-state index is 12.5. The van der Waals surface area contributed by atoms with Crippen LogP contribution in [0.3, 0.4) is 0 Å².